The average Bonchev–Trinajstić information content (AvgIpc) is 3.17. The molecule has 1 heterocycles. The molecule has 1 aliphatic heterocycles. The Kier molecular flexibility index (Phi) is 8.48. The smallest absolute Gasteiger partial charge is 0.295 e. The van der Waals surface area contributed by atoms with Crippen molar-refractivity contribution in [3.05, 3.63) is 100 Å². The van der Waals surface area contributed by atoms with Gasteiger partial charge in [-0.1, -0.05) is 54.1 Å². The minimum atomic E-state index is -0.832. The maximum Gasteiger partial charge on any atom is 0.295 e. The summed E-state index contributed by atoms with van der Waals surface area (Å²) in [4.78, 5) is 27.7. The minimum absolute atomic E-state index is 0.0221. The number of carbonyl (C=O) groups is 2. The summed E-state index contributed by atoms with van der Waals surface area (Å²) in [6.45, 7) is 2.95. The maximum absolute atomic E-state index is 13.2. The van der Waals surface area contributed by atoms with E-state index in [1.54, 1.807) is 42.5 Å². The molecule has 3 aromatic carbocycles. The monoisotopic (exact) mass is 521 g/mol. The third-order valence-corrected chi connectivity index (χ3v) is 6.32. The van der Waals surface area contributed by atoms with E-state index in [0.29, 0.717) is 40.9 Å². The van der Waals surface area contributed by atoms with Gasteiger partial charge in [0, 0.05) is 19.2 Å². The van der Waals surface area contributed by atoms with Gasteiger partial charge in [-0.3, -0.25) is 9.59 Å². The highest BCUT2D eigenvalue weighted by Crippen LogP contribution is 2.41. The second-order valence-corrected chi connectivity index (χ2v) is 8.82. The molecule has 1 amide bonds. The van der Waals surface area contributed by atoms with Gasteiger partial charge < -0.3 is 24.2 Å². The summed E-state index contributed by atoms with van der Waals surface area (Å²) in [5, 5.41) is 11.7. The first-order valence-electron chi connectivity index (χ1n) is 11.9. The third-order valence-electron chi connectivity index (χ3n) is 6.00. The predicted octanol–water partition coefficient (Wildman–Crippen LogP) is 5.39. The van der Waals surface area contributed by atoms with Crippen molar-refractivity contribution >= 4 is 29.1 Å². The third kappa shape index (κ3) is 5.79. The summed E-state index contributed by atoms with van der Waals surface area (Å²) in [5.74, 6) is -0.852. The van der Waals surface area contributed by atoms with Crippen LogP contribution in [0.2, 0.25) is 5.02 Å². The number of likely N-dealkylation sites (tertiary alicyclic amines) is 1. The maximum atomic E-state index is 13.2. The quantitative estimate of drug-likeness (QED) is 0.219. The Morgan fingerprint density at radius 1 is 1.00 bits per heavy atom. The van der Waals surface area contributed by atoms with Crippen molar-refractivity contribution in [2.24, 2.45) is 0 Å². The van der Waals surface area contributed by atoms with Crippen molar-refractivity contribution < 1.29 is 28.9 Å². The highest BCUT2D eigenvalue weighted by Gasteiger charge is 2.46. The zero-order valence-corrected chi connectivity index (χ0v) is 21.4. The van der Waals surface area contributed by atoms with E-state index >= 15 is 0 Å². The predicted molar refractivity (Wildman–Crippen MR) is 141 cm³/mol. The summed E-state index contributed by atoms with van der Waals surface area (Å²) < 4.78 is 16.7. The number of ether oxygens (including phenoxy) is 3. The van der Waals surface area contributed by atoms with Gasteiger partial charge >= 0.3 is 0 Å². The zero-order valence-electron chi connectivity index (χ0n) is 20.6. The zero-order chi connectivity index (χ0) is 26.4. The molecule has 192 valence electrons. The molecule has 1 unspecified atom stereocenters. The van der Waals surface area contributed by atoms with Gasteiger partial charge in [-0.2, -0.15) is 0 Å². The SMILES string of the molecule is CCOc1cc(/C(O)=C2/C(=O)C(=O)N(CCOC)C2c2cccc(OCc3ccccc3)c2)ccc1Cl. The van der Waals surface area contributed by atoms with E-state index in [1.165, 1.54) is 12.0 Å². The topological polar surface area (TPSA) is 85.3 Å². The van der Waals surface area contributed by atoms with E-state index < -0.39 is 17.7 Å². The molecule has 8 heteroatoms. The first-order chi connectivity index (χ1) is 17.9. The van der Waals surface area contributed by atoms with E-state index in [0.717, 1.165) is 5.56 Å². The Hall–Kier alpha value is -3.81. The summed E-state index contributed by atoms with van der Waals surface area (Å²) in [6, 6.07) is 20.8. The van der Waals surface area contributed by atoms with Gasteiger partial charge in [0.2, 0.25) is 0 Å². The molecule has 0 aliphatic carbocycles. The van der Waals surface area contributed by atoms with E-state index in [1.807, 2.05) is 37.3 Å². The second kappa shape index (κ2) is 12.0. The molecule has 1 saturated heterocycles. The molecule has 1 N–H and O–H groups in total. The number of Topliss-reactive ketones (excluding diaryl/α,β-unsaturated/α-hetero) is 1. The fraction of sp³-hybridized carbons (Fsp3) is 0.241. The largest absolute Gasteiger partial charge is 0.507 e. The van der Waals surface area contributed by atoms with Gasteiger partial charge in [-0.05, 0) is 48.4 Å². The van der Waals surface area contributed by atoms with Gasteiger partial charge in [0.1, 0.15) is 23.9 Å². The summed E-state index contributed by atoms with van der Waals surface area (Å²) >= 11 is 6.21. The average molecular weight is 522 g/mol. The lowest BCUT2D eigenvalue weighted by atomic mass is 9.95. The van der Waals surface area contributed by atoms with Crippen molar-refractivity contribution in [1.82, 2.24) is 4.90 Å². The number of hydrogen-bond acceptors (Lipinski definition) is 6. The fourth-order valence-electron chi connectivity index (χ4n) is 4.23. The van der Waals surface area contributed by atoms with Crippen LogP contribution in [0.1, 0.15) is 29.7 Å². The number of hydrogen-bond donors (Lipinski definition) is 1. The highest BCUT2D eigenvalue weighted by molar-refractivity contribution is 6.46. The van der Waals surface area contributed by atoms with Gasteiger partial charge in [0.25, 0.3) is 11.7 Å². The Bertz CT molecular complexity index is 1310. The highest BCUT2D eigenvalue weighted by atomic mass is 35.5. The first kappa shape index (κ1) is 26.3. The van der Waals surface area contributed by atoms with Crippen molar-refractivity contribution in [2.75, 3.05) is 26.9 Å². The Morgan fingerprint density at radius 2 is 1.78 bits per heavy atom. The number of aliphatic hydroxyl groups excluding tert-OH is 1. The van der Waals surface area contributed by atoms with Crippen LogP contribution in [0.3, 0.4) is 0 Å². The number of ketones is 1. The summed E-state index contributed by atoms with van der Waals surface area (Å²) in [7, 11) is 1.52. The molecule has 0 radical (unpaired) electrons. The molecular formula is C29H28ClNO6. The minimum Gasteiger partial charge on any atom is -0.507 e. The van der Waals surface area contributed by atoms with Gasteiger partial charge in [0.15, 0.2) is 0 Å². The Morgan fingerprint density at radius 3 is 2.51 bits per heavy atom. The number of benzene rings is 3. The molecular weight excluding hydrogens is 494 g/mol. The van der Waals surface area contributed by atoms with Crippen molar-refractivity contribution in [1.29, 1.82) is 0 Å². The number of rotatable bonds is 10. The van der Waals surface area contributed by atoms with E-state index in [-0.39, 0.29) is 24.5 Å². The molecule has 37 heavy (non-hydrogen) atoms. The van der Waals surface area contributed by atoms with Crippen LogP contribution in [0.15, 0.2) is 78.4 Å². The standard InChI is InChI=1S/C29H28ClNO6/c1-3-36-24-17-21(12-13-23(24)30)27(32)25-26(31(14-15-35-2)29(34)28(25)33)20-10-7-11-22(16-20)37-18-19-8-5-4-6-9-19/h4-13,16-17,26,32H,3,14-15,18H2,1-2H3/b27-25-. The number of amides is 1. The normalized spacial score (nSPS) is 16.7. The molecule has 1 fully saturated rings. The molecule has 0 saturated carbocycles. The van der Waals surface area contributed by atoms with Crippen LogP contribution in [0, 0.1) is 0 Å². The molecule has 1 aliphatic rings. The van der Waals surface area contributed by atoms with Crippen LogP contribution in [0.25, 0.3) is 5.76 Å². The number of aliphatic hydroxyl groups is 1. The van der Waals surface area contributed by atoms with Crippen molar-refractivity contribution in [2.45, 2.75) is 19.6 Å². The molecule has 3 aromatic rings. The van der Waals surface area contributed by atoms with Crippen molar-refractivity contribution in [3.8, 4) is 11.5 Å². The number of methoxy groups -OCH3 is 1. The number of nitrogens with zero attached hydrogens (tertiary/aromatic N) is 1. The van der Waals surface area contributed by atoms with Crippen LogP contribution in [0.5, 0.6) is 11.5 Å². The van der Waals surface area contributed by atoms with Crippen LogP contribution in [-0.2, 0) is 20.9 Å². The Balaban J connectivity index is 1.75. The first-order valence-corrected chi connectivity index (χ1v) is 12.3. The van der Waals surface area contributed by atoms with Crippen LogP contribution in [-0.4, -0.2) is 48.6 Å². The molecule has 4 rings (SSSR count). The molecule has 1 atom stereocenters. The lowest BCUT2D eigenvalue weighted by molar-refractivity contribution is -0.140. The van der Waals surface area contributed by atoms with Gasteiger partial charge in [0.05, 0.1) is 29.9 Å². The molecule has 0 aromatic heterocycles. The molecule has 7 nitrogen and oxygen atoms in total. The molecule has 0 spiro atoms. The molecule has 0 bridgehead atoms. The van der Waals surface area contributed by atoms with E-state index in [4.69, 9.17) is 25.8 Å². The van der Waals surface area contributed by atoms with Crippen LogP contribution in [0.4, 0.5) is 0 Å². The van der Waals surface area contributed by atoms with Crippen LogP contribution < -0.4 is 9.47 Å². The second-order valence-electron chi connectivity index (χ2n) is 8.41. The van der Waals surface area contributed by atoms with Gasteiger partial charge in [-0.15, -0.1) is 0 Å². The summed E-state index contributed by atoms with van der Waals surface area (Å²) in [5.41, 5.74) is 1.93. The van der Waals surface area contributed by atoms with Crippen LogP contribution >= 0.6 is 11.6 Å². The number of carbonyl (C=O) groups excluding carboxylic acids is 2. The van der Waals surface area contributed by atoms with E-state index in [2.05, 4.69) is 0 Å². The van der Waals surface area contributed by atoms with Crippen molar-refractivity contribution in [3.63, 3.8) is 0 Å². The number of halogens is 1. The lowest BCUT2D eigenvalue weighted by Gasteiger charge is -2.25. The van der Waals surface area contributed by atoms with E-state index in [9.17, 15) is 14.7 Å². The Labute approximate surface area is 220 Å². The fourth-order valence-corrected chi connectivity index (χ4v) is 4.41. The lowest BCUT2D eigenvalue weighted by Crippen LogP contribution is -2.32. The van der Waals surface area contributed by atoms with Gasteiger partial charge in [-0.25, -0.2) is 0 Å². The summed E-state index contributed by atoms with van der Waals surface area (Å²) in [6.07, 6.45) is 0.